The molecule has 1 atom stereocenters. The molecule has 2 rings (SSSR count). The van der Waals surface area contributed by atoms with Gasteiger partial charge in [0.05, 0.1) is 18.7 Å². The van der Waals surface area contributed by atoms with Crippen LogP contribution in [0.1, 0.15) is 29.5 Å². The fourth-order valence-corrected chi connectivity index (χ4v) is 3.04. The van der Waals surface area contributed by atoms with E-state index >= 15 is 0 Å². The van der Waals surface area contributed by atoms with Crippen LogP contribution in [0.4, 0.5) is 0 Å². The van der Waals surface area contributed by atoms with Crippen LogP contribution in [0.25, 0.3) is 0 Å². The van der Waals surface area contributed by atoms with E-state index in [1.165, 1.54) is 11.1 Å². The normalized spacial score (nSPS) is 12.0. The van der Waals surface area contributed by atoms with Gasteiger partial charge in [0.2, 0.25) is 0 Å². The van der Waals surface area contributed by atoms with Crippen LogP contribution in [0.3, 0.4) is 0 Å². The number of halogens is 1. The maximum atomic E-state index is 6.28. The molecule has 0 saturated heterocycles. The molecule has 4 heteroatoms. The summed E-state index contributed by atoms with van der Waals surface area (Å²) in [6.45, 7) is 5.22. The lowest BCUT2D eigenvalue weighted by atomic mass is 9.89. The predicted molar refractivity (Wildman–Crippen MR) is 95.9 cm³/mol. The van der Waals surface area contributed by atoms with Crippen molar-refractivity contribution in [3.8, 4) is 11.5 Å². The topological polar surface area (TPSA) is 44.5 Å². The molecule has 2 aromatic carbocycles. The molecule has 0 aliphatic heterocycles. The Hall–Kier alpha value is -1.71. The van der Waals surface area contributed by atoms with Gasteiger partial charge in [-0.15, -0.1) is 0 Å². The molecule has 0 bridgehead atoms. The lowest BCUT2D eigenvalue weighted by molar-refractivity contribution is 0.340. The standard InChI is InChI=1S/C19H24ClNO2/c1-4-23-19-8-5-14(11-18(19)20)10-15(12-21)17-7-6-16(22-3)9-13(17)2/h5-9,11,15H,4,10,12,21H2,1-3H3. The van der Waals surface area contributed by atoms with Crippen LogP contribution in [0.2, 0.25) is 5.02 Å². The number of hydrogen-bond donors (Lipinski definition) is 1. The molecule has 0 aliphatic rings. The van der Waals surface area contributed by atoms with Crippen LogP contribution < -0.4 is 15.2 Å². The summed E-state index contributed by atoms with van der Waals surface area (Å²) in [6, 6.07) is 12.1. The van der Waals surface area contributed by atoms with E-state index in [4.69, 9.17) is 26.8 Å². The third-order valence-electron chi connectivity index (χ3n) is 3.98. The summed E-state index contributed by atoms with van der Waals surface area (Å²) in [7, 11) is 1.68. The molecule has 3 nitrogen and oxygen atoms in total. The average Bonchev–Trinajstić information content (AvgIpc) is 2.55. The summed E-state index contributed by atoms with van der Waals surface area (Å²) in [5.74, 6) is 1.84. The summed E-state index contributed by atoms with van der Waals surface area (Å²) in [5, 5.41) is 0.645. The minimum atomic E-state index is 0.245. The van der Waals surface area contributed by atoms with Gasteiger partial charge in [-0.05, 0) is 67.8 Å². The second-order valence-corrected chi connectivity index (χ2v) is 5.96. The van der Waals surface area contributed by atoms with Crippen molar-refractivity contribution < 1.29 is 9.47 Å². The zero-order chi connectivity index (χ0) is 16.8. The van der Waals surface area contributed by atoms with Crippen molar-refractivity contribution in [3.63, 3.8) is 0 Å². The molecule has 0 radical (unpaired) electrons. The first kappa shape index (κ1) is 17.6. The Balaban J connectivity index is 2.21. The van der Waals surface area contributed by atoms with Crippen molar-refractivity contribution in [1.29, 1.82) is 0 Å². The highest BCUT2D eigenvalue weighted by Gasteiger charge is 2.15. The number of methoxy groups -OCH3 is 1. The lowest BCUT2D eigenvalue weighted by Gasteiger charge is -2.19. The zero-order valence-electron chi connectivity index (χ0n) is 13.9. The third-order valence-corrected chi connectivity index (χ3v) is 4.27. The van der Waals surface area contributed by atoms with Gasteiger partial charge >= 0.3 is 0 Å². The molecule has 0 aliphatic carbocycles. The molecule has 0 amide bonds. The fourth-order valence-electron chi connectivity index (χ4n) is 2.78. The Morgan fingerprint density at radius 2 is 1.96 bits per heavy atom. The van der Waals surface area contributed by atoms with Gasteiger partial charge < -0.3 is 15.2 Å². The maximum absolute atomic E-state index is 6.28. The van der Waals surface area contributed by atoms with Gasteiger partial charge in [-0.2, -0.15) is 0 Å². The largest absolute Gasteiger partial charge is 0.497 e. The highest BCUT2D eigenvalue weighted by Crippen LogP contribution is 2.30. The first-order valence-corrected chi connectivity index (χ1v) is 8.22. The smallest absolute Gasteiger partial charge is 0.137 e. The Labute approximate surface area is 143 Å². The number of ether oxygens (including phenoxy) is 2. The summed E-state index contributed by atoms with van der Waals surface area (Å²) < 4.78 is 10.8. The van der Waals surface area contributed by atoms with Crippen LogP contribution in [-0.4, -0.2) is 20.3 Å². The van der Waals surface area contributed by atoms with Crippen molar-refractivity contribution in [2.75, 3.05) is 20.3 Å². The molecule has 0 aromatic heterocycles. The van der Waals surface area contributed by atoms with Crippen molar-refractivity contribution in [2.24, 2.45) is 5.73 Å². The predicted octanol–water partition coefficient (Wildman–Crippen LogP) is 4.34. The molecule has 2 aromatic rings. The second kappa shape index (κ2) is 8.23. The quantitative estimate of drug-likeness (QED) is 0.819. The van der Waals surface area contributed by atoms with Crippen LogP contribution in [0, 0.1) is 6.92 Å². The van der Waals surface area contributed by atoms with Crippen molar-refractivity contribution in [1.82, 2.24) is 0 Å². The number of aryl methyl sites for hydroxylation is 1. The maximum Gasteiger partial charge on any atom is 0.137 e. The first-order chi connectivity index (χ1) is 11.1. The molecule has 0 fully saturated rings. The van der Waals surface area contributed by atoms with Crippen LogP contribution >= 0.6 is 11.6 Å². The van der Waals surface area contributed by atoms with E-state index in [2.05, 4.69) is 19.1 Å². The van der Waals surface area contributed by atoms with E-state index in [-0.39, 0.29) is 5.92 Å². The van der Waals surface area contributed by atoms with Gasteiger partial charge in [0.1, 0.15) is 11.5 Å². The molecular weight excluding hydrogens is 310 g/mol. The van der Waals surface area contributed by atoms with Gasteiger partial charge in [0.15, 0.2) is 0 Å². The number of hydrogen-bond acceptors (Lipinski definition) is 3. The van der Waals surface area contributed by atoms with Crippen LogP contribution in [-0.2, 0) is 6.42 Å². The van der Waals surface area contributed by atoms with Crippen LogP contribution in [0.5, 0.6) is 11.5 Å². The molecule has 23 heavy (non-hydrogen) atoms. The van der Waals surface area contributed by atoms with Gasteiger partial charge in [-0.3, -0.25) is 0 Å². The molecule has 0 saturated carbocycles. The molecule has 124 valence electrons. The Morgan fingerprint density at radius 3 is 2.52 bits per heavy atom. The Morgan fingerprint density at radius 1 is 1.17 bits per heavy atom. The van der Waals surface area contributed by atoms with Gasteiger partial charge in [0, 0.05) is 5.92 Å². The molecular formula is C19H24ClNO2. The molecule has 2 N–H and O–H groups in total. The minimum Gasteiger partial charge on any atom is -0.497 e. The zero-order valence-corrected chi connectivity index (χ0v) is 14.7. The second-order valence-electron chi connectivity index (χ2n) is 5.56. The van der Waals surface area contributed by atoms with Crippen molar-refractivity contribution in [2.45, 2.75) is 26.2 Å². The van der Waals surface area contributed by atoms with Gasteiger partial charge in [-0.25, -0.2) is 0 Å². The fraction of sp³-hybridized carbons (Fsp3) is 0.368. The van der Waals surface area contributed by atoms with E-state index in [0.717, 1.165) is 23.5 Å². The summed E-state index contributed by atoms with van der Waals surface area (Å²) in [6.07, 6.45) is 0.843. The SMILES string of the molecule is CCOc1ccc(CC(CN)c2ccc(OC)cc2C)cc1Cl. The first-order valence-electron chi connectivity index (χ1n) is 7.84. The van der Waals surface area contributed by atoms with E-state index in [9.17, 15) is 0 Å². The lowest BCUT2D eigenvalue weighted by Crippen LogP contribution is -2.16. The number of nitrogens with two attached hydrogens (primary N) is 1. The minimum absolute atomic E-state index is 0.245. The third kappa shape index (κ3) is 4.40. The summed E-state index contributed by atoms with van der Waals surface area (Å²) in [5.41, 5.74) is 9.62. The molecule has 0 spiro atoms. The highest BCUT2D eigenvalue weighted by molar-refractivity contribution is 6.32. The highest BCUT2D eigenvalue weighted by atomic mass is 35.5. The van der Waals surface area contributed by atoms with Crippen molar-refractivity contribution in [3.05, 3.63) is 58.1 Å². The van der Waals surface area contributed by atoms with E-state index in [1.54, 1.807) is 7.11 Å². The van der Waals surface area contributed by atoms with E-state index < -0.39 is 0 Å². The van der Waals surface area contributed by atoms with E-state index in [1.807, 2.05) is 31.2 Å². The summed E-state index contributed by atoms with van der Waals surface area (Å²) >= 11 is 6.28. The molecule has 0 heterocycles. The Kier molecular flexibility index (Phi) is 6.31. The average molecular weight is 334 g/mol. The van der Waals surface area contributed by atoms with Crippen molar-refractivity contribution >= 4 is 11.6 Å². The summed E-state index contributed by atoms with van der Waals surface area (Å²) in [4.78, 5) is 0. The van der Waals surface area contributed by atoms with Gasteiger partial charge in [0.25, 0.3) is 0 Å². The number of benzene rings is 2. The molecule has 1 unspecified atom stereocenters. The van der Waals surface area contributed by atoms with E-state index in [0.29, 0.717) is 18.2 Å². The monoisotopic (exact) mass is 333 g/mol. The number of rotatable bonds is 7. The van der Waals surface area contributed by atoms with Gasteiger partial charge in [-0.1, -0.05) is 23.7 Å². The Bertz CT molecular complexity index is 658. The van der Waals surface area contributed by atoms with Crippen LogP contribution in [0.15, 0.2) is 36.4 Å².